The molecule has 0 radical (unpaired) electrons. The zero-order valence-electron chi connectivity index (χ0n) is 12.3. The highest BCUT2D eigenvalue weighted by Crippen LogP contribution is 2.31. The minimum atomic E-state index is -0.360. The second-order valence-electron chi connectivity index (χ2n) is 5.00. The quantitative estimate of drug-likeness (QED) is 0.642. The Hall–Kier alpha value is -1.40. The highest BCUT2D eigenvalue weighted by molar-refractivity contribution is 7.17. The van der Waals surface area contributed by atoms with E-state index in [2.05, 4.69) is 29.1 Å². The van der Waals surface area contributed by atoms with Gasteiger partial charge in [0.05, 0.1) is 17.6 Å². The fourth-order valence-corrected chi connectivity index (χ4v) is 3.01. The van der Waals surface area contributed by atoms with Gasteiger partial charge in [-0.2, -0.15) is 0 Å². The van der Waals surface area contributed by atoms with Crippen LogP contribution in [0.5, 0.6) is 0 Å². The molecule has 21 heavy (non-hydrogen) atoms. The summed E-state index contributed by atoms with van der Waals surface area (Å²) in [6, 6.07) is 0. The number of carbonyl (C=O) groups excluding carboxylic acids is 1. The Kier molecular flexibility index (Phi) is 5.36. The number of fused-ring (bicyclic) bond motifs is 1. The Balaban J connectivity index is 2.37. The smallest absolute Gasteiger partial charge is 0.339 e. The lowest BCUT2D eigenvalue weighted by Gasteiger charge is -2.10. The molecule has 0 bridgehead atoms. The van der Waals surface area contributed by atoms with E-state index >= 15 is 0 Å². The fraction of sp³-hybridized carbons (Fsp3) is 0.500. The van der Waals surface area contributed by atoms with Gasteiger partial charge in [-0.3, -0.25) is 0 Å². The molecule has 0 aromatic carbocycles. The monoisotopic (exact) mass is 327 g/mol. The average Bonchev–Trinajstić information content (AvgIpc) is 2.82. The summed E-state index contributed by atoms with van der Waals surface area (Å²) in [6.45, 7) is 7.18. The molecule has 2 heterocycles. The first-order valence-electron chi connectivity index (χ1n) is 6.88. The van der Waals surface area contributed by atoms with Crippen LogP contribution in [0.1, 0.15) is 37.6 Å². The van der Waals surface area contributed by atoms with Crippen molar-refractivity contribution < 1.29 is 9.53 Å². The van der Waals surface area contributed by atoms with Gasteiger partial charge in [0, 0.05) is 11.9 Å². The van der Waals surface area contributed by atoms with Crippen molar-refractivity contribution in [1.29, 1.82) is 0 Å². The number of thiophene rings is 1. The molecule has 0 fully saturated rings. The Morgan fingerprint density at radius 3 is 2.90 bits per heavy atom. The minimum Gasteiger partial charge on any atom is -0.462 e. The van der Waals surface area contributed by atoms with Gasteiger partial charge in [-0.1, -0.05) is 13.8 Å². The maximum Gasteiger partial charge on any atom is 0.339 e. The van der Waals surface area contributed by atoms with Gasteiger partial charge in [-0.25, -0.2) is 14.8 Å². The van der Waals surface area contributed by atoms with Crippen LogP contribution in [-0.4, -0.2) is 29.1 Å². The van der Waals surface area contributed by atoms with E-state index in [1.54, 1.807) is 12.3 Å². The molecule has 7 heteroatoms. The Morgan fingerprint density at radius 1 is 1.48 bits per heavy atom. The number of nitrogens with one attached hydrogen (secondary N) is 1. The van der Waals surface area contributed by atoms with Crippen LogP contribution in [0.4, 0.5) is 5.82 Å². The molecule has 0 spiro atoms. The zero-order chi connectivity index (χ0) is 15.4. The number of aromatic nitrogens is 2. The molecule has 0 atom stereocenters. The molecule has 0 aliphatic heterocycles. The number of anilines is 1. The first kappa shape index (κ1) is 16.0. The van der Waals surface area contributed by atoms with Crippen molar-refractivity contribution in [1.82, 2.24) is 9.97 Å². The SMILES string of the molecule is CCOC(=O)c1csc2nc(Cl)nc(NCCC(C)C)c12. The number of ether oxygens (including phenoxy) is 1. The number of halogens is 1. The van der Waals surface area contributed by atoms with Gasteiger partial charge in [0.1, 0.15) is 10.6 Å². The Morgan fingerprint density at radius 2 is 2.24 bits per heavy atom. The van der Waals surface area contributed by atoms with Crippen molar-refractivity contribution in [3.8, 4) is 0 Å². The maximum atomic E-state index is 12.0. The third kappa shape index (κ3) is 3.83. The minimum absolute atomic E-state index is 0.173. The largest absolute Gasteiger partial charge is 0.462 e. The Labute approximate surface area is 132 Å². The molecule has 2 aromatic rings. The topological polar surface area (TPSA) is 64.1 Å². The lowest BCUT2D eigenvalue weighted by molar-refractivity contribution is 0.0529. The highest BCUT2D eigenvalue weighted by atomic mass is 35.5. The summed E-state index contributed by atoms with van der Waals surface area (Å²) in [5.41, 5.74) is 0.487. The predicted octanol–water partition coefficient (Wildman–Crippen LogP) is 3.98. The van der Waals surface area contributed by atoms with Crippen LogP contribution in [0.2, 0.25) is 5.28 Å². The van der Waals surface area contributed by atoms with Crippen molar-refractivity contribution >= 4 is 44.9 Å². The van der Waals surface area contributed by atoms with Gasteiger partial charge in [0.2, 0.25) is 5.28 Å². The average molecular weight is 328 g/mol. The van der Waals surface area contributed by atoms with Crippen molar-refractivity contribution in [3.63, 3.8) is 0 Å². The van der Waals surface area contributed by atoms with Crippen LogP contribution >= 0.6 is 22.9 Å². The standard InChI is InChI=1S/C14H18ClN3O2S/c1-4-20-13(19)9-7-21-12-10(9)11(17-14(15)18-12)16-6-5-8(2)3/h7-8H,4-6H2,1-3H3,(H,16,17,18). The van der Waals surface area contributed by atoms with E-state index < -0.39 is 0 Å². The second kappa shape index (κ2) is 7.04. The second-order valence-corrected chi connectivity index (χ2v) is 6.20. The van der Waals surface area contributed by atoms with Gasteiger partial charge in [-0.15, -0.1) is 11.3 Å². The van der Waals surface area contributed by atoms with Gasteiger partial charge in [-0.05, 0) is 30.9 Å². The van der Waals surface area contributed by atoms with E-state index in [0.717, 1.165) is 13.0 Å². The van der Waals surface area contributed by atoms with E-state index in [0.29, 0.717) is 34.1 Å². The van der Waals surface area contributed by atoms with Gasteiger partial charge in [0.25, 0.3) is 0 Å². The summed E-state index contributed by atoms with van der Waals surface area (Å²) in [7, 11) is 0. The molecule has 2 aromatic heterocycles. The van der Waals surface area contributed by atoms with Gasteiger partial charge < -0.3 is 10.1 Å². The summed E-state index contributed by atoms with van der Waals surface area (Å²) in [5.74, 6) is 0.814. The molecule has 0 unspecified atom stereocenters. The molecule has 2 rings (SSSR count). The zero-order valence-corrected chi connectivity index (χ0v) is 13.8. The van der Waals surface area contributed by atoms with E-state index in [1.807, 2.05) is 0 Å². The number of hydrogen-bond acceptors (Lipinski definition) is 6. The first-order valence-corrected chi connectivity index (χ1v) is 8.14. The molecular weight excluding hydrogens is 310 g/mol. The van der Waals surface area contributed by atoms with Gasteiger partial charge >= 0.3 is 5.97 Å². The molecule has 114 valence electrons. The Bertz CT molecular complexity index is 642. The van der Waals surface area contributed by atoms with Crippen LogP contribution in [0, 0.1) is 5.92 Å². The van der Waals surface area contributed by atoms with E-state index in [1.165, 1.54) is 11.3 Å². The molecule has 0 aliphatic rings. The summed E-state index contributed by atoms with van der Waals surface area (Å²) in [5, 5.41) is 5.84. The summed E-state index contributed by atoms with van der Waals surface area (Å²) in [4.78, 5) is 21.1. The van der Waals surface area contributed by atoms with E-state index in [4.69, 9.17) is 16.3 Å². The van der Waals surface area contributed by atoms with Crippen molar-refractivity contribution in [2.24, 2.45) is 5.92 Å². The molecule has 0 saturated heterocycles. The van der Waals surface area contributed by atoms with Crippen LogP contribution in [0.3, 0.4) is 0 Å². The molecule has 1 N–H and O–H groups in total. The first-order chi connectivity index (χ1) is 10.0. The lowest BCUT2D eigenvalue weighted by Crippen LogP contribution is -2.09. The predicted molar refractivity (Wildman–Crippen MR) is 86.3 cm³/mol. The third-order valence-corrected chi connectivity index (χ3v) is 3.96. The molecular formula is C14H18ClN3O2S. The van der Waals surface area contributed by atoms with Gasteiger partial charge in [0.15, 0.2) is 0 Å². The van der Waals surface area contributed by atoms with Crippen molar-refractivity contribution in [3.05, 3.63) is 16.2 Å². The number of esters is 1. The highest BCUT2D eigenvalue weighted by Gasteiger charge is 2.19. The number of carbonyl (C=O) groups is 1. The fourth-order valence-electron chi connectivity index (χ4n) is 1.88. The van der Waals surface area contributed by atoms with Crippen LogP contribution in [0.25, 0.3) is 10.2 Å². The van der Waals surface area contributed by atoms with Crippen LogP contribution < -0.4 is 5.32 Å². The van der Waals surface area contributed by atoms with Crippen molar-refractivity contribution in [2.75, 3.05) is 18.5 Å². The molecule has 0 amide bonds. The summed E-state index contributed by atoms with van der Waals surface area (Å²) < 4.78 is 5.07. The molecule has 0 saturated carbocycles. The maximum absolute atomic E-state index is 12.0. The third-order valence-electron chi connectivity index (χ3n) is 2.92. The summed E-state index contributed by atoms with van der Waals surface area (Å²) in [6.07, 6.45) is 1.00. The number of rotatable bonds is 6. The normalized spacial score (nSPS) is 11.1. The van der Waals surface area contributed by atoms with E-state index in [9.17, 15) is 4.79 Å². The molecule has 5 nitrogen and oxygen atoms in total. The van der Waals surface area contributed by atoms with Crippen LogP contribution in [0.15, 0.2) is 5.38 Å². The lowest BCUT2D eigenvalue weighted by atomic mass is 10.1. The summed E-state index contributed by atoms with van der Waals surface area (Å²) >= 11 is 7.30. The number of nitrogens with zero attached hydrogens (tertiary/aromatic N) is 2. The van der Waals surface area contributed by atoms with E-state index in [-0.39, 0.29) is 11.3 Å². The number of hydrogen-bond donors (Lipinski definition) is 1. The van der Waals surface area contributed by atoms with Crippen LogP contribution in [-0.2, 0) is 4.74 Å². The van der Waals surface area contributed by atoms with Crippen molar-refractivity contribution in [2.45, 2.75) is 27.2 Å². The molecule has 0 aliphatic carbocycles.